The minimum Gasteiger partial charge on any atom is -0.508 e. The van der Waals surface area contributed by atoms with Crippen LogP contribution in [0.4, 0.5) is 0 Å². The van der Waals surface area contributed by atoms with Gasteiger partial charge in [-0.15, -0.1) is 0 Å². The molecule has 1 atom stereocenters. The van der Waals surface area contributed by atoms with E-state index in [1.165, 1.54) is 26.4 Å². The van der Waals surface area contributed by atoms with Crippen molar-refractivity contribution in [3.05, 3.63) is 29.8 Å². The Balaban J connectivity index is 2.89. The van der Waals surface area contributed by atoms with Crippen LogP contribution in [0.5, 0.6) is 5.75 Å². The molecule has 1 aromatic rings. The second-order valence-corrected chi connectivity index (χ2v) is 2.73. The molecule has 0 bridgehead atoms. The molecule has 0 saturated carbocycles. The molecule has 4 nitrogen and oxygen atoms in total. The average Bonchev–Trinajstić information content (AvgIpc) is 2.21. The lowest BCUT2D eigenvalue weighted by Gasteiger charge is -2.12. The highest BCUT2D eigenvalue weighted by Gasteiger charge is 2.20. The zero-order valence-corrected chi connectivity index (χ0v) is 8.06. The van der Waals surface area contributed by atoms with E-state index in [0.717, 1.165) is 0 Å². The maximum Gasteiger partial charge on any atom is 0.339 e. The number of phenolic OH excluding ortho intramolecular Hbond substituents is 1. The Morgan fingerprint density at radius 3 is 2.29 bits per heavy atom. The van der Waals surface area contributed by atoms with Crippen molar-refractivity contribution in [1.29, 1.82) is 0 Å². The van der Waals surface area contributed by atoms with Gasteiger partial charge in [0, 0.05) is 7.11 Å². The number of benzene rings is 1. The van der Waals surface area contributed by atoms with E-state index in [0.29, 0.717) is 5.56 Å². The first-order valence-electron chi connectivity index (χ1n) is 4.08. The molecular weight excluding hydrogens is 184 g/mol. The molecule has 1 aromatic carbocycles. The minimum atomic E-state index is -0.736. The molecule has 14 heavy (non-hydrogen) atoms. The molecule has 0 amide bonds. The standard InChI is InChI=1S/C10H12O4/c1-13-9(10(12)14-2)7-3-5-8(11)6-4-7/h3-6,9,11H,1-2H3. The number of hydrogen-bond donors (Lipinski definition) is 1. The van der Waals surface area contributed by atoms with Gasteiger partial charge in [-0.1, -0.05) is 12.1 Å². The monoisotopic (exact) mass is 196 g/mol. The number of ether oxygens (including phenoxy) is 2. The number of phenols is 1. The number of methoxy groups -OCH3 is 2. The third kappa shape index (κ3) is 2.23. The molecule has 76 valence electrons. The third-order valence-corrected chi connectivity index (χ3v) is 1.85. The van der Waals surface area contributed by atoms with E-state index in [1.54, 1.807) is 12.1 Å². The van der Waals surface area contributed by atoms with E-state index in [-0.39, 0.29) is 5.75 Å². The fourth-order valence-corrected chi connectivity index (χ4v) is 1.12. The summed E-state index contributed by atoms with van der Waals surface area (Å²) in [6.07, 6.45) is -0.736. The van der Waals surface area contributed by atoms with Crippen LogP contribution in [0.3, 0.4) is 0 Å². The highest BCUT2D eigenvalue weighted by atomic mass is 16.6. The van der Waals surface area contributed by atoms with Gasteiger partial charge in [-0.3, -0.25) is 0 Å². The second kappa shape index (κ2) is 4.62. The maximum atomic E-state index is 11.2. The molecule has 1 unspecified atom stereocenters. The van der Waals surface area contributed by atoms with Gasteiger partial charge in [-0.2, -0.15) is 0 Å². The van der Waals surface area contributed by atoms with E-state index >= 15 is 0 Å². The summed E-state index contributed by atoms with van der Waals surface area (Å²) in [7, 11) is 2.73. The molecule has 0 saturated heterocycles. The number of hydrogen-bond acceptors (Lipinski definition) is 4. The Morgan fingerprint density at radius 1 is 1.29 bits per heavy atom. The Kier molecular flexibility index (Phi) is 3.48. The first-order chi connectivity index (χ1) is 6.69. The van der Waals surface area contributed by atoms with Gasteiger partial charge in [-0.05, 0) is 17.7 Å². The smallest absolute Gasteiger partial charge is 0.339 e. The first-order valence-corrected chi connectivity index (χ1v) is 4.08. The zero-order chi connectivity index (χ0) is 10.6. The Morgan fingerprint density at radius 2 is 1.86 bits per heavy atom. The number of rotatable bonds is 3. The fourth-order valence-electron chi connectivity index (χ4n) is 1.12. The van der Waals surface area contributed by atoms with Crippen molar-refractivity contribution in [2.45, 2.75) is 6.10 Å². The lowest BCUT2D eigenvalue weighted by molar-refractivity contribution is -0.152. The Bertz CT molecular complexity index is 304. The van der Waals surface area contributed by atoms with Crippen LogP contribution in [0.1, 0.15) is 11.7 Å². The third-order valence-electron chi connectivity index (χ3n) is 1.85. The topological polar surface area (TPSA) is 55.8 Å². The van der Waals surface area contributed by atoms with Crippen molar-refractivity contribution in [3.63, 3.8) is 0 Å². The quantitative estimate of drug-likeness (QED) is 0.739. The summed E-state index contributed by atoms with van der Waals surface area (Å²) in [5, 5.41) is 9.05. The predicted octanol–water partition coefficient (Wildman–Crippen LogP) is 1.25. The molecule has 0 aromatic heterocycles. The van der Waals surface area contributed by atoms with Crippen molar-refractivity contribution >= 4 is 5.97 Å². The molecule has 0 fully saturated rings. The molecule has 1 rings (SSSR count). The first kappa shape index (κ1) is 10.5. The van der Waals surface area contributed by atoms with Crippen LogP contribution in [0, 0.1) is 0 Å². The molecule has 0 heterocycles. The summed E-state index contributed by atoms with van der Waals surface area (Å²) in [5.41, 5.74) is 0.650. The Labute approximate surface area is 82.1 Å². The predicted molar refractivity (Wildman–Crippen MR) is 49.9 cm³/mol. The summed E-state index contributed by atoms with van der Waals surface area (Å²) < 4.78 is 9.53. The maximum absolute atomic E-state index is 11.2. The van der Waals surface area contributed by atoms with Gasteiger partial charge < -0.3 is 14.6 Å². The van der Waals surface area contributed by atoms with Gasteiger partial charge in [0.2, 0.25) is 0 Å². The molecule has 1 N–H and O–H groups in total. The van der Waals surface area contributed by atoms with Crippen LogP contribution in [0.15, 0.2) is 24.3 Å². The van der Waals surface area contributed by atoms with Crippen molar-refractivity contribution < 1.29 is 19.4 Å². The van der Waals surface area contributed by atoms with Gasteiger partial charge in [0.05, 0.1) is 7.11 Å². The summed E-state index contributed by atoms with van der Waals surface area (Å²) in [4.78, 5) is 11.2. The SMILES string of the molecule is COC(=O)C(OC)c1ccc(O)cc1. The summed E-state index contributed by atoms with van der Waals surface area (Å²) in [6.45, 7) is 0. The normalized spacial score (nSPS) is 12.1. The van der Waals surface area contributed by atoms with Crippen LogP contribution in [-0.4, -0.2) is 25.3 Å². The molecular formula is C10H12O4. The highest BCUT2D eigenvalue weighted by Crippen LogP contribution is 2.20. The van der Waals surface area contributed by atoms with E-state index in [9.17, 15) is 4.79 Å². The lowest BCUT2D eigenvalue weighted by atomic mass is 10.1. The molecule has 0 aliphatic carbocycles. The van der Waals surface area contributed by atoms with Gasteiger partial charge in [0.25, 0.3) is 0 Å². The van der Waals surface area contributed by atoms with Crippen LogP contribution >= 0.6 is 0 Å². The largest absolute Gasteiger partial charge is 0.508 e. The number of esters is 1. The van der Waals surface area contributed by atoms with E-state index in [1.807, 2.05) is 0 Å². The van der Waals surface area contributed by atoms with Crippen molar-refractivity contribution in [1.82, 2.24) is 0 Å². The molecule has 4 heteroatoms. The summed E-state index contributed by atoms with van der Waals surface area (Å²) in [5.74, 6) is -0.313. The zero-order valence-electron chi connectivity index (χ0n) is 8.06. The van der Waals surface area contributed by atoms with Crippen molar-refractivity contribution in [3.8, 4) is 5.75 Å². The number of carbonyl (C=O) groups excluding carboxylic acids is 1. The second-order valence-electron chi connectivity index (χ2n) is 2.73. The number of carbonyl (C=O) groups is 1. The van der Waals surface area contributed by atoms with Gasteiger partial charge in [0.1, 0.15) is 5.75 Å². The van der Waals surface area contributed by atoms with Crippen LogP contribution < -0.4 is 0 Å². The lowest BCUT2D eigenvalue weighted by Crippen LogP contribution is -2.15. The van der Waals surface area contributed by atoms with Crippen molar-refractivity contribution in [2.24, 2.45) is 0 Å². The summed E-state index contributed by atoms with van der Waals surface area (Å²) >= 11 is 0. The van der Waals surface area contributed by atoms with E-state index in [2.05, 4.69) is 4.74 Å². The average molecular weight is 196 g/mol. The molecule has 0 aliphatic rings. The van der Waals surface area contributed by atoms with E-state index in [4.69, 9.17) is 9.84 Å². The van der Waals surface area contributed by atoms with E-state index < -0.39 is 12.1 Å². The molecule has 0 radical (unpaired) electrons. The van der Waals surface area contributed by atoms with Crippen LogP contribution in [0.2, 0.25) is 0 Å². The minimum absolute atomic E-state index is 0.147. The fraction of sp³-hybridized carbons (Fsp3) is 0.300. The number of aromatic hydroxyl groups is 1. The highest BCUT2D eigenvalue weighted by molar-refractivity contribution is 5.76. The van der Waals surface area contributed by atoms with Gasteiger partial charge >= 0.3 is 5.97 Å². The van der Waals surface area contributed by atoms with Crippen LogP contribution in [0.25, 0.3) is 0 Å². The van der Waals surface area contributed by atoms with Crippen molar-refractivity contribution in [2.75, 3.05) is 14.2 Å². The molecule has 0 aliphatic heterocycles. The van der Waals surface area contributed by atoms with Gasteiger partial charge in [-0.25, -0.2) is 4.79 Å². The Hall–Kier alpha value is -1.55. The summed E-state index contributed by atoms with van der Waals surface area (Å²) in [6, 6.07) is 6.20. The van der Waals surface area contributed by atoms with Gasteiger partial charge in [0.15, 0.2) is 6.10 Å². The molecule has 0 spiro atoms. The van der Waals surface area contributed by atoms with Crippen LogP contribution in [-0.2, 0) is 14.3 Å².